The van der Waals surface area contributed by atoms with Crippen molar-refractivity contribution < 1.29 is 9.59 Å². The maximum atomic E-state index is 12.7. The van der Waals surface area contributed by atoms with Gasteiger partial charge in [0.1, 0.15) is 5.69 Å². The highest BCUT2D eigenvalue weighted by molar-refractivity contribution is 6.30. The minimum Gasteiger partial charge on any atom is -0.343 e. The smallest absolute Gasteiger partial charge is 0.271 e. The summed E-state index contributed by atoms with van der Waals surface area (Å²) in [5.74, 6) is -0.468. The molecule has 29 heavy (non-hydrogen) atoms. The topological polar surface area (TPSA) is 62.3 Å². The lowest BCUT2D eigenvalue weighted by Gasteiger charge is -2.13. The van der Waals surface area contributed by atoms with E-state index in [4.69, 9.17) is 11.6 Å². The molecule has 0 saturated heterocycles. The van der Waals surface area contributed by atoms with E-state index >= 15 is 0 Å². The Kier molecular flexibility index (Phi) is 5.99. The van der Waals surface area contributed by atoms with Crippen LogP contribution in [0.1, 0.15) is 32.1 Å². The van der Waals surface area contributed by atoms with Gasteiger partial charge in [-0.15, -0.1) is 0 Å². The first-order chi connectivity index (χ1) is 13.8. The summed E-state index contributed by atoms with van der Waals surface area (Å²) in [5.41, 5.74) is 4.93. The summed E-state index contributed by atoms with van der Waals surface area (Å²) in [4.78, 5) is 30.5. The summed E-state index contributed by atoms with van der Waals surface area (Å²) < 4.78 is 0. The average Bonchev–Trinajstić information content (AvgIpc) is 2.68. The summed E-state index contributed by atoms with van der Waals surface area (Å²) in [7, 11) is 3.32. The van der Waals surface area contributed by atoms with Crippen LogP contribution in [-0.4, -0.2) is 35.8 Å². The number of aromatic nitrogens is 1. The molecule has 5 nitrogen and oxygen atoms in total. The van der Waals surface area contributed by atoms with Crippen molar-refractivity contribution >= 4 is 29.1 Å². The zero-order valence-corrected chi connectivity index (χ0v) is 17.5. The van der Waals surface area contributed by atoms with Crippen molar-refractivity contribution in [2.45, 2.75) is 13.8 Å². The van der Waals surface area contributed by atoms with E-state index in [2.05, 4.69) is 10.3 Å². The van der Waals surface area contributed by atoms with E-state index in [0.29, 0.717) is 27.7 Å². The lowest BCUT2D eigenvalue weighted by atomic mass is 10.0. The molecule has 0 unspecified atom stereocenters. The van der Waals surface area contributed by atoms with E-state index in [1.165, 1.54) is 4.90 Å². The molecule has 0 radical (unpaired) electrons. The van der Waals surface area contributed by atoms with Crippen LogP contribution in [0, 0.1) is 13.8 Å². The largest absolute Gasteiger partial charge is 0.343 e. The fraction of sp³-hybridized carbons (Fsp3) is 0.174. The van der Waals surface area contributed by atoms with Gasteiger partial charge in [0.05, 0.1) is 11.3 Å². The van der Waals surface area contributed by atoms with Crippen LogP contribution in [0.4, 0.5) is 5.69 Å². The Morgan fingerprint density at radius 3 is 2.31 bits per heavy atom. The van der Waals surface area contributed by atoms with Crippen LogP contribution in [0.3, 0.4) is 0 Å². The average molecular weight is 408 g/mol. The van der Waals surface area contributed by atoms with Crippen molar-refractivity contribution in [2.75, 3.05) is 19.4 Å². The molecule has 1 aromatic heterocycles. The molecule has 0 saturated carbocycles. The summed E-state index contributed by atoms with van der Waals surface area (Å²) >= 11 is 6.08. The maximum Gasteiger partial charge on any atom is 0.271 e. The monoisotopic (exact) mass is 407 g/mol. The Labute approximate surface area is 175 Å². The summed E-state index contributed by atoms with van der Waals surface area (Å²) in [5, 5.41) is 3.61. The van der Waals surface area contributed by atoms with Crippen molar-refractivity contribution in [1.29, 1.82) is 0 Å². The zero-order chi connectivity index (χ0) is 21.1. The molecule has 0 aliphatic heterocycles. The Balaban J connectivity index is 1.81. The lowest BCUT2D eigenvalue weighted by Crippen LogP contribution is -2.24. The Morgan fingerprint density at radius 1 is 0.966 bits per heavy atom. The van der Waals surface area contributed by atoms with Gasteiger partial charge in [-0.25, -0.2) is 4.98 Å². The van der Waals surface area contributed by atoms with Crippen LogP contribution < -0.4 is 5.32 Å². The zero-order valence-electron chi connectivity index (χ0n) is 16.8. The van der Waals surface area contributed by atoms with Crippen LogP contribution in [0.2, 0.25) is 5.02 Å². The molecule has 1 N–H and O–H groups in total. The summed E-state index contributed by atoms with van der Waals surface area (Å²) in [6.07, 6.45) is 0. The lowest BCUT2D eigenvalue weighted by molar-refractivity contribution is 0.0821. The molecule has 3 aromatic rings. The van der Waals surface area contributed by atoms with Crippen LogP contribution >= 0.6 is 11.6 Å². The Hall–Kier alpha value is -3.18. The molecule has 3 rings (SSSR count). The number of carbonyl (C=O) groups is 2. The SMILES string of the molecule is Cc1cc(-c2cccc(Cl)c2)ccc1NC(=O)c1ccc(C(=O)N(C)C)nc1C. The van der Waals surface area contributed by atoms with Gasteiger partial charge in [-0.3, -0.25) is 9.59 Å². The van der Waals surface area contributed by atoms with Crippen LogP contribution in [0.25, 0.3) is 11.1 Å². The number of anilines is 1. The van der Waals surface area contributed by atoms with Gasteiger partial charge in [0.25, 0.3) is 11.8 Å². The second-order valence-corrected chi connectivity index (χ2v) is 7.46. The highest BCUT2D eigenvalue weighted by atomic mass is 35.5. The van der Waals surface area contributed by atoms with Crippen molar-refractivity contribution in [2.24, 2.45) is 0 Å². The van der Waals surface area contributed by atoms with Crippen LogP contribution in [0.15, 0.2) is 54.6 Å². The minimum atomic E-state index is -0.266. The third kappa shape index (κ3) is 4.63. The van der Waals surface area contributed by atoms with E-state index in [1.54, 1.807) is 33.2 Å². The van der Waals surface area contributed by atoms with Gasteiger partial charge in [-0.05, 0) is 66.9 Å². The highest BCUT2D eigenvalue weighted by Gasteiger charge is 2.16. The molecule has 0 atom stereocenters. The molecule has 0 spiro atoms. The molecule has 2 aromatic carbocycles. The van der Waals surface area contributed by atoms with E-state index in [1.807, 2.05) is 49.4 Å². The normalized spacial score (nSPS) is 10.5. The number of benzene rings is 2. The van der Waals surface area contributed by atoms with Crippen molar-refractivity contribution in [1.82, 2.24) is 9.88 Å². The number of halogens is 1. The first kappa shape index (κ1) is 20.6. The number of amides is 2. The molecule has 2 amide bonds. The molecule has 1 heterocycles. The molecular weight excluding hydrogens is 386 g/mol. The number of nitrogens with zero attached hydrogens (tertiary/aromatic N) is 2. The summed E-state index contributed by atoms with van der Waals surface area (Å²) in [6.45, 7) is 3.66. The van der Waals surface area contributed by atoms with Gasteiger partial charge in [0.2, 0.25) is 0 Å². The second kappa shape index (κ2) is 8.45. The van der Waals surface area contributed by atoms with Gasteiger partial charge in [0.15, 0.2) is 0 Å². The standard InChI is InChI=1S/C23H22ClN3O2/c1-14-12-17(16-6-5-7-18(24)13-16)8-10-20(14)26-22(28)19-9-11-21(25-15(19)2)23(29)27(3)4/h5-13H,1-4H3,(H,26,28). The van der Waals surface area contributed by atoms with Gasteiger partial charge in [-0.2, -0.15) is 0 Å². The fourth-order valence-corrected chi connectivity index (χ4v) is 3.18. The van der Waals surface area contributed by atoms with Crippen LogP contribution in [-0.2, 0) is 0 Å². The van der Waals surface area contributed by atoms with E-state index in [-0.39, 0.29) is 11.8 Å². The van der Waals surface area contributed by atoms with Crippen LogP contribution in [0.5, 0.6) is 0 Å². The fourth-order valence-electron chi connectivity index (χ4n) is 2.99. The predicted molar refractivity (Wildman–Crippen MR) is 117 cm³/mol. The molecule has 6 heteroatoms. The molecular formula is C23H22ClN3O2. The first-order valence-corrected chi connectivity index (χ1v) is 9.51. The van der Waals surface area contributed by atoms with E-state index in [0.717, 1.165) is 16.7 Å². The van der Waals surface area contributed by atoms with E-state index in [9.17, 15) is 9.59 Å². The summed E-state index contributed by atoms with van der Waals surface area (Å²) in [6, 6.07) is 16.6. The van der Waals surface area contributed by atoms with Gasteiger partial charge in [-0.1, -0.05) is 29.8 Å². The minimum absolute atomic E-state index is 0.201. The second-order valence-electron chi connectivity index (χ2n) is 7.02. The quantitative estimate of drug-likeness (QED) is 0.663. The Morgan fingerprint density at radius 2 is 1.69 bits per heavy atom. The van der Waals surface area contributed by atoms with Gasteiger partial charge in [0, 0.05) is 24.8 Å². The molecule has 0 aliphatic rings. The number of hydrogen-bond donors (Lipinski definition) is 1. The van der Waals surface area contributed by atoms with Crippen molar-refractivity contribution in [3.05, 3.63) is 82.1 Å². The maximum absolute atomic E-state index is 12.7. The molecule has 148 valence electrons. The number of rotatable bonds is 4. The van der Waals surface area contributed by atoms with Gasteiger partial charge < -0.3 is 10.2 Å². The third-order valence-electron chi connectivity index (χ3n) is 4.59. The van der Waals surface area contributed by atoms with Crippen molar-refractivity contribution in [3.8, 4) is 11.1 Å². The molecule has 0 bridgehead atoms. The molecule has 0 fully saturated rings. The number of aryl methyl sites for hydroxylation is 2. The van der Waals surface area contributed by atoms with Gasteiger partial charge >= 0.3 is 0 Å². The number of hydrogen-bond acceptors (Lipinski definition) is 3. The number of pyridine rings is 1. The third-order valence-corrected chi connectivity index (χ3v) is 4.82. The first-order valence-electron chi connectivity index (χ1n) is 9.13. The van der Waals surface area contributed by atoms with Crippen molar-refractivity contribution in [3.63, 3.8) is 0 Å². The number of carbonyl (C=O) groups excluding carboxylic acids is 2. The van der Waals surface area contributed by atoms with E-state index < -0.39 is 0 Å². The number of nitrogens with one attached hydrogen (secondary N) is 1. The Bertz CT molecular complexity index is 1090. The highest BCUT2D eigenvalue weighted by Crippen LogP contribution is 2.27. The molecule has 0 aliphatic carbocycles. The predicted octanol–water partition coefficient (Wildman–Crippen LogP) is 4.97.